The molecule has 0 aromatic heterocycles. The smallest absolute Gasteiger partial charge is 0.229 e. The van der Waals surface area contributed by atoms with Crippen molar-refractivity contribution in [1.82, 2.24) is 4.90 Å². The lowest BCUT2D eigenvalue weighted by molar-refractivity contribution is -0.281. The van der Waals surface area contributed by atoms with E-state index in [9.17, 15) is 0 Å². The fourth-order valence-electron chi connectivity index (χ4n) is 3.99. The van der Waals surface area contributed by atoms with Crippen LogP contribution in [0.15, 0.2) is 12.2 Å². The normalized spacial score (nSPS) is 39.3. The highest BCUT2D eigenvalue weighted by Gasteiger charge is 2.45. The number of allylic oxidation sites excluding steroid dienone is 2. The van der Waals surface area contributed by atoms with E-state index in [2.05, 4.69) is 17.1 Å². The summed E-state index contributed by atoms with van der Waals surface area (Å²) < 4.78 is 11.3. The van der Waals surface area contributed by atoms with Crippen molar-refractivity contribution in [3.8, 4) is 0 Å². The molecule has 2 fully saturated rings. The van der Waals surface area contributed by atoms with E-state index in [1.54, 1.807) is 14.2 Å². The van der Waals surface area contributed by atoms with Crippen molar-refractivity contribution < 1.29 is 9.47 Å². The zero-order valence-electron chi connectivity index (χ0n) is 10.9. The Bertz CT molecular complexity index is 311. The maximum atomic E-state index is 5.64. The lowest BCUT2D eigenvalue weighted by atomic mass is 9.93. The van der Waals surface area contributed by atoms with E-state index < -0.39 is 5.91 Å². The number of ether oxygens (including phenoxy) is 2. The van der Waals surface area contributed by atoms with Gasteiger partial charge >= 0.3 is 0 Å². The second kappa shape index (κ2) is 4.38. The SMILES string of the molecule is COC1(OC)CCCN1CC1CC2C=CC1C2. The van der Waals surface area contributed by atoms with Crippen LogP contribution in [0.5, 0.6) is 0 Å². The highest BCUT2D eigenvalue weighted by molar-refractivity contribution is 5.10. The standard InChI is InChI=1S/C14H23NO2/c1-16-14(17-2)6-3-7-15(14)10-13-9-11-4-5-12(13)8-11/h4-5,11-13H,3,6-10H2,1-2H3. The predicted molar refractivity (Wildman–Crippen MR) is 66.4 cm³/mol. The van der Waals surface area contributed by atoms with Gasteiger partial charge in [0.1, 0.15) is 0 Å². The topological polar surface area (TPSA) is 21.7 Å². The molecule has 3 heteroatoms. The molecule has 0 spiro atoms. The van der Waals surface area contributed by atoms with E-state index in [1.165, 1.54) is 19.3 Å². The van der Waals surface area contributed by atoms with Crippen LogP contribution >= 0.6 is 0 Å². The van der Waals surface area contributed by atoms with Crippen LogP contribution in [0.4, 0.5) is 0 Å². The van der Waals surface area contributed by atoms with Gasteiger partial charge in [-0.1, -0.05) is 12.2 Å². The van der Waals surface area contributed by atoms with Crippen LogP contribution in [0.3, 0.4) is 0 Å². The molecular formula is C14H23NO2. The highest BCUT2D eigenvalue weighted by atomic mass is 16.7. The summed E-state index contributed by atoms with van der Waals surface area (Å²) in [6.07, 6.45) is 9.75. The summed E-state index contributed by atoms with van der Waals surface area (Å²) in [6, 6.07) is 0. The van der Waals surface area contributed by atoms with Gasteiger partial charge in [0.15, 0.2) is 0 Å². The van der Waals surface area contributed by atoms with Crippen molar-refractivity contribution in [3.63, 3.8) is 0 Å². The van der Waals surface area contributed by atoms with Gasteiger partial charge in [-0.2, -0.15) is 0 Å². The van der Waals surface area contributed by atoms with Crippen LogP contribution in [-0.2, 0) is 9.47 Å². The Morgan fingerprint density at radius 1 is 1.24 bits per heavy atom. The third-order valence-electron chi connectivity index (χ3n) is 4.91. The predicted octanol–water partition coefficient (Wildman–Crippen LogP) is 2.24. The number of hydrogen-bond acceptors (Lipinski definition) is 3. The summed E-state index contributed by atoms with van der Waals surface area (Å²) >= 11 is 0. The van der Waals surface area contributed by atoms with Crippen LogP contribution in [-0.4, -0.2) is 38.1 Å². The number of hydrogen-bond donors (Lipinski definition) is 0. The van der Waals surface area contributed by atoms with Gasteiger partial charge in [0, 0.05) is 33.7 Å². The van der Waals surface area contributed by atoms with Crippen LogP contribution < -0.4 is 0 Å². The molecule has 1 saturated heterocycles. The lowest BCUT2D eigenvalue weighted by Gasteiger charge is -2.37. The molecule has 3 atom stereocenters. The Balaban J connectivity index is 1.66. The largest absolute Gasteiger partial charge is 0.341 e. The van der Waals surface area contributed by atoms with E-state index in [0.29, 0.717) is 0 Å². The number of nitrogens with zero attached hydrogens (tertiary/aromatic N) is 1. The van der Waals surface area contributed by atoms with E-state index in [4.69, 9.17) is 9.47 Å². The van der Waals surface area contributed by atoms with Gasteiger partial charge in [0.2, 0.25) is 5.91 Å². The minimum Gasteiger partial charge on any atom is -0.341 e. The third-order valence-corrected chi connectivity index (χ3v) is 4.91. The lowest BCUT2D eigenvalue weighted by Crippen LogP contribution is -2.49. The molecule has 0 aromatic carbocycles. The molecule has 96 valence electrons. The average molecular weight is 237 g/mol. The first-order valence-electron chi connectivity index (χ1n) is 6.81. The van der Waals surface area contributed by atoms with Gasteiger partial charge < -0.3 is 9.47 Å². The molecule has 2 bridgehead atoms. The second-order valence-electron chi connectivity index (χ2n) is 5.71. The van der Waals surface area contributed by atoms with Crippen molar-refractivity contribution >= 4 is 0 Å². The molecule has 17 heavy (non-hydrogen) atoms. The molecule has 0 amide bonds. The molecule has 0 aromatic rings. The molecule has 3 rings (SSSR count). The first kappa shape index (κ1) is 11.7. The number of methoxy groups -OCH3 is 2. The minimum atomic E-state index is -0.439. The first-order chi connectivity index (χ1) is 8.27. The van der Waals surface area contributed by atoms with Gasteiger partial charge in [-0.05, 0) is 37.0 Å². The van der Waals surface area contributed by atoms with Gasteiger partial charge in [-0.3, -0.25) is 4.90 Å². The number of fused-ring (bicyclic) bond motifs is 2. The van der Waals surface area contributed by atoms with E-state index in [-0.39, 0.29) is 0 Å². The van der Waals surface area contributed by atoms with E-state index in [1.807, 2.05) is 0 Å². The van der Waals surface area contributed by atoms with Crippen LogP contribution in [0, 0.1) is 17.8 Å². The fraction of sp³-hybridized carbons (Fsp3) is 0.857. The van der Waals surface area contributed by atoms with Crippen LogP contribution in [0.2, 0.25) is 0 Å². The molecule has 0 radical (unpaired) electrons. The summed E-state index contributed by atoms with van der Waals surface area (Å²) in [6.45, 7) is 2.24. The molecule has 1 saturated carbocycles. The fourth-order valence-corrected chi connectivity index (χ4v) is 3.99. The molecule has 3 nitrogen and oxygen atoms in total. The highest BCUT2D eigenvalue weighted by Crippen LogP contribution is 2.45. The maximum absolute atomic E-state index is 5.64. The average Bonchev–Trinajstić information content (AvgIpc) is 3.04. The summed E-state index contributed by atoms with van der Waals surface area (Å²) in [5.74, 6) is 2.04. The zero-order valence-corrected chi connectivity index (χ0v) is 10.9. The van der Waals surface area contributed by atoms with Crippen LogP contribution in [0.25, 0.3) is 0 Å². The van der Waals surface area contributed by atoms with Crippen molar-refractivity contribution in [2.75, 3.05) is 27.3 Å². The van der Waals surface area contributed by atoms with Crippen LogP contribution in [0.1, 0.15) is 25.7 Å². The Labute approximate surface area is 104 Å². The van der Waals surface area contributed by atoms with Crippen molar-refractivity contribution in [3.05, 3.63) is 12.2 Å². The zero-order chi connectivity index (χ0) is 11.9. The molecule has 2 aliphatic carbocycles. The first-order valence-corrected chi connectivity index (χ1v) is 6.81. The molecular weight excluding hydrogens is 214 g/mol. The van der Waals surface area contributed by atoms with Gasteiger partial charge in [0.25, 0.3) is 0 Å². The number of rotatable bonds is 4. The molecule has 0 N–H and O–H groups in total. The molecule has 3 aliphatic rings. The third kappa shape index (κ3) is 1.85. The minimum absolute atomic E-state index is 0.439. The molecule has 1 heterocycles. The monoisotopic (exact) mass is 237 g/mol. The molecule has 3 unspecified atom stereocenters. The Kier molecular flexibility index (Phi) is 3.01. The quantitative estimate of drug-likeness (QED) is 0.553. The number of likely N-dealkylation sites (tertiary alicyclic amines) is 1. The summed E-state index contributed by atoms with van der Waals surface area (Å²) in [7, 11) is 3.53. The molecule has 1 aliphatic heterocycles. The summed E-state index contributed by atoms with van der Waals surface area (Å²) in [5, 5.41) is 0. The summed E-state index contributed by atoms with van der Waals surface area (Å²) in [5.41, 5.74) is 0. The maximum Gasteiger partial charge on any atom is 0.229 e. The van der Waals surface area contributed by atoms with Gasteiger partial charge in [-0.25, -0.2) is 0 Å². The Hall–Kier alpha value is -0.380. The van der Waals surface area contributed by atoms with Crippen molar-refractivity contribution in [1.29, 1.82) is 0 Å². The Morgan fingerprint density at radius 2 is 2.06 bits per heavy atom. The summed E-state index contributed by atoms with van der Waals surface area (Å²) in [4.78, 5) is 2.41. The van der Waals surface area contributed by atoms with Crippen molar-refractivity contribution in [2.45, 2.75) is 31.6 Å². The van der Waals surface area contributed by atoms with Gasteiger partial charge in [0.05, 0.1) is 0 Å². The van der Waals surface area contributed by atoms with E-state index in [0.717, 1.165) is 37.3 Å². The van der Waals surface area contributed by atoms with E-state index >= 15 is 0 Å². The van der Waals surface area contributed by atoms with Crippen molar-refractivity contribution in [2.24, 2.45) is 17.8 Å². The second-order valence-corrected chi connectivity index (χ2v) is 5.71. The Morgan fingerprint density at radius 3 is 2.65 bits per heavy atom. The van der Waals surface area contributed by atoms with Gasteiger partial charge in [-0.15, -0.1) is 0 Å².